The first-order chi connectivity index (χ1) is 11.1. The molecule has 1 aromatic rings. The van der Waals surface area contributed by atoms with Gasteiger partial charge in [-0.15, -0.1) is 0 Å². The second kappa shape index (κ2) is 6.47. The van der Waals surface area contributed by atoms with Crippen molar-refractivity contribution in [3.63, 3.8) is 0 Å². The van der Waals surface area contributed by atoms with Crippen LogP contribution < -0.4 is 10.6 Å². The molecule has 0 unspecified atom stereocenters. The van der Waals surface area contributed by atoms with Crippen LogP contribution in [-0.2, 0) is 9.59 Å². The topological polar surface area (TPSA) is 78.4 Å². The van der Waals surface area contributed by atoms with Crippen LogP contribution in [0.5, 0.6) is 0 Å². The van der Waals surface area contributed by atoms with E-state index in [4.69, 9.17) is 0 Å². The Kier molecular flexibility index (Phi) is 4.94. The van der Waals surface area contributed by atoms with Gasteiger partial charge in [0.25, 0.3) is 5.91 Å². The molecule has 132 valence electrons. The maximum atomic E-state index is 14.1. The van der Waals surface area contributed by atoms with Gasteiger partial charge < -0.3 is 15.7 Å². The third-order valence-corrected chi connectivity index (χ3v) is 4.33. The Morgan fingerprint density at radius 3 is 2.38 bits per heavy atom. The Balaban J connectivity index is 2.17. The van der Waals surface area contributed by atoms with Gasteiger partial charge in [-0.3, -0.25) is 9.59 Å². The fourth-order valence-corrected chi connectivity index (χ4v) is 2.36. The molecule has 0 aliphatic heterocycles. The summed E-state index contributed by atoms with van der Waals surface area (Å²) in [5.41, 5.74) is -1.12. The van der Waals surface area contributed by atoms with Crippen molar-refractivity contribution in [3.05, 3.63) is 23.8 Å². The van der Waals surface area contributed by atoms with E-state index in [9.17, 15) is 23.5 Å². The normalized spacial score (nSPS) is 16.5. The highest BCUT2D eigenvalue weighted by atomic mass is 19.3. The van der Waals surface area contributed by atoms with Gasteiger partial charge in [-0.1, -0.05) is 19.9 Å². The van der Waals surface area contributed by atoms with Crippen LogP contribution in [0.15, 0.2) is 18.2 Å². The number of hydrogen-bond acceptors (Lipinski definition) is 3. The number of carbonyl (C=O) groups is 2. The maximum Gasteiger partial charge on any atom is 0.352 e. The van der Waals surface area contributed by atoms with Gasteiger partial charge in [-0.05, 0) is 43.9 Å². The van der Waals surface area contributed by atoms with Crippen molar-refractivity contribution in [2.75, 3.05) is 10.6 Å². The molecule has 1 aliphatic rings. The number of nitrogens with one attached hydrogen (secondary N) is 2. The first-order valence-corrected chi connectivity index (χ1v) is 7.90. The lowest BCUT2D eigenvalue weighted by molar-refractivity contribution is -0.212. The fraction of sp³-hybridized carbons (Fsp3) is 0.529. The zero-order valence-electron chi connectivity index (χ0n) is 14.0. The largest absolute Gasteiger partial charge is 0.383 e. The highest BCUT2D eigenvalue weighted by molar-refractivity contribution is 5.99. The third kappa shape index (κ3) is 3.40. The number of rotatable bonds is 5. The summed E-state index contributed by atoms with van der Waals surface area (Å²) in [6, 6.07) is 4.67. The van der Waals surface area contributed by atoms with E-state index in [-0.39, 0.29) is 30.4 Å². The number of alkyl halides is 2. The molecule has 1 aliphatic carbocycles. The van der Waals surface area contributed by atoms with E-state index in [1.54, 1.807) is 32.9 Å². The number of benzene rings is 1. The summed E-state index contributed by atoms with van der Waals surface area (Å²) >= 11 is 0. The molecule has 2 rings (SSSR count). The standard InChI is InChI=1S/C17H22F2N2O3/c1-10(2)14(22)20-12-6-5-11(3)13(9-12)21-15(23)17(18,19)16(24)7-4-8-16/h5-6,9-10,24H,4,7-8H2,1-3H3,(H,20,22)(H,21,23). The molecule has 0 bridgehead atoms. The number of carbonyl (C=O) groups excluding carboxylic acids is 2. The Bertz CT molecular complexity index is 655. The molecule has 1 aromatic carbocycles. The lowest BCUT2D eigenvalue weighted by atomic mass is 9.75. The lowest BCUT2D eigenvalue weighted by Crippen LogP contribution is -2.59. The van der Waals surface area contributed by atoms with Crippen molar-refractivity contribution < 1.29 is 23.5 Å². The van der Waals surface area contributed by atoms with Gasteiger partial charge >= 0.3 is 5.92 Å². The summed E-state index contributed by atoms with van der Waals surface area (Å²) in [7, 11) is 0. The molecule has 0 spiro atoms. The molecule has 24 heavy (non-hydrogen) atoms. The molecule has 0 atom stereocenters. The van der Waals surface area contributed by atoms with Crippen LogP contribution in [0.4, 0.5) is 20.2 Å². The van der Waals surface area contributed by atoms with Gasteiger partial charge in [0.05, 0.1) is 0 Å². The van der Waals surface area contributed by atoms with Crippen LogP contribution in [0.25, 0.3) is 0 Å². The summed E-state index contributed by atoms with van der Waals surface area (Å²) in [5, 5.41) is 14.6. The molecule has 3 N–H and O–H groups in total. The van der Waals surface area contributed by atoms with Gasteiger partial charge in [0.15, 0.2) is 0 Å². The lowest BCUT2D eigenvalue weighted by Gasteiger charge is -2.41. The summed E-state index contributed by atoms with van der Waals surface area (Å²) < 4.78 is 28.3. The minimum Gasteiger partial charge on any atom is -0.383 e. The van der Waals surface area contributed by atoms with E-state index in [0.29, 0.717) is 17.7 Å². The van der Waals surface area contributed by atoms with Gasteiger partial charge in [0.2, 0.25) is 5.91 Å². The minimum absolute atomic E-state index is 0.100. The van der Waals surface area contributed by atoms with E-state index in [2.05, 4.69) is 10.6 Å². The van der Waals surface area contributed by atoms with Gasteiger partial charge in [0.1, 0.15) is 5.60 Å². The maximum absolute atomic E-state index is 14.1. The smallest absolute Gasteiger partial charge is 0.352 e. The number of amides is 2. The Hall–Kier alpha value is -2.02. The monoisotopic (exact) mass is 340 g/mol. The minimum atomic E-state index is -3.87. The Morgan fingerprint density at radius 2 is 1.88 bits per heavy atom. The van der Waals surface area contributed by atoms with E-state index >= 15 is 0 Å². The molecule has 0 aromatic heterocycles. The molecule has 1 saturated carbocycles. The van der Waals surface area contributed by atoms with Crippen LogP contribution in [0.3, 0.4) is 0 Å². The predicted octanol–water partition coefficient (Wildman–Crippen LogP) is 3.08. The molecular weight excluding hydrogens is 318 g/mol. The Morgan fingerprint density at radius 1 is 1.25 bits per heavy atom. The highest BCUT2D eigenvalue weighted by Gasteiger charge is 2.61. The average molecular weight is 340 g/mol. The molecule has 0 radical (unpaired) electrons. The van der Waals surface area contributed by atoms with Crippen LogP contribution in [0.1, 0.15) is 38.7 Å². The van der Waals surface area contributed by atoms with Crippen molar-refractivity contribution in [2.45, 2.75) is 51.6 Å². The van der Waals surface area contributed by atoms with Crippen molar-refractivity contribution in [2.24, 2.45) is 5.92 Å². The number of anilines is 2. The van der Waals surface area contributed by atoms with Crippen molar-refractivity contribution in [1.29, 1.82) is 0 Å². The molecule has 1 fully saturated rings. The SMILES string of the molecule is Cc1ccc(NC(=O)C(C)C)cc1NC(=O)C(F)(F)C1(O)CCC1. The summed E-state index contributed by atoms with van der Waals surface area (Å²) in [6.45, 7) is 5.11. The van der Waals surface area contributed by atoms with Crippen LogP contribution in [0, 0.1) is 12.8 Å². The number of halogens is 2. The highest BCUT2D eigenvalue weighted by Crippen LogP contribution is 2.44. The molecule has 0 saturated heterocycles. The zero-order chi connectivity index (χ0) is 18.1. The third-order valence-electron chi connectivity index (χ3n) is 4.33. The van der Waals surface area contributed by atoms with Crippen molar-refractivity contribution in [3.8, 4) is 0 Å². The fourth-order valence-electron chi connectivity index (χ4n) is 2.36. The van der Waals surface area contributed by atoms with E-state index in [1.165, 1.54) is 6.07 Å². The molecule has 2 amide bonds. The van der Waals surface area contributed by atoms with Gasteiger partial charge in [-0.2, -0.15) is 8.78 Å². The van der Waals surface area contributed by atoms with Crippen molar-refractivity contribution in [1.82, 2.24) is 0 Å². The number of aryl methyl sites for hydroxylation is 1. The number of aliphatic hydroxyl groups is 1. The van der Waals surface area contributed by atoms with E-state index < -0.39 is 17.4 Å². The van der Waals surface area contributed by atoms with Gasteiger partial charge in [0, 0.05) is 17.3 Å². The average Bonchev–Trinajstić information content (AvgIpc) is 2.47. The van der Waals surface area contributed by atoms with E-state index in [0.717, 1.165) is 0 Å². The molecule has 5 nitrogen and oxygen atoms in total. The first-order valence-electron chi connectivity index (χ1n) is 7.90. The summed E-state index contributed by atoms with van der Waals surface area (Å²) in [4.78, 5) is 23.7. The molecule has 0 heterocycles. The summed E-state index contributed by atoms with van der Waals surface area (Å²) in [5.74, 6) is -5.86. The second-order valence-corrected chi connectivity index (χ2v) is 6.59. The first kappa shape index (κ1) is 18.3. The predicted molar refractivity (Wildman–Crippen MR) is 87.0 cm³/mol. The quantitative estimate of drug-likeness (QED) is 0.771. The molecule has 7 heteroatoms. The zero-order valence-corrected chi connectivity index (χ0v) is 14.0. The second-order valence-electron chi connectivity index (χ2n) is 6.59. The van der Waals surface area contributed by atoms with Crippen LogP contribution in [-0.4, -0.2) is 28.4 Å². The number of hydrogen-bond donors (Lipinski definition) is 3. The molecular formula is C17H22F2N2O3. The van der Waals surface area contributed by atoms with Crippen molar-refractivity contribution >= 4 is 23.2 Å². The van der Waals surface area contributed by atoms with Crippen LogP contribution >= 0.6 is 0 Å². The van der Waals surface area contributed by atoms with Gasteiger partial charge in [-0.25, -0.2) is 0 Å². The van der Waals surface area contributed by atoms with Crippen LogP contribution in [0.2, 0.25) is 0 Å². The van der Waals surface area contributed by atoms with E-state index in [1.807, 2.05) is 0 Å². The summed E-state index contributed by atoms with van der Waals surface area (Å²) in [6.07, 6.45) is 0.267. The Labute approximate surface area is 139 Å².